The van der Waals surface area contributed by atoms with Crippen molar-refractivity contribution in [2.75, 3.05) is 54.8 Å². The van der Waals surface area contributed by atoms with Gasteiger partial charge in [0.1, 0.15) is 6.04 Å². The van der Waals surface area contributed by atoms with Gasteiger partial charge in [-0.05, 0) is 86.4 Å². The molecule has 42 heavy (non-hydrogen) atoms. The number of piperidine rings is 2. The van der Waals surface area contributed by atoms with E-state index in [9.17, 15) is 19.2 Å². The minimum Gasteiger partial charge on any atom is -0.399 e. The molecule has 220 valence electrons. The van der Waals surface area contributed by atoms with Gasteiger partial charge in [-0.2, -0.15) is 0 Å². The van der Waals surface area contributed by atoms with Crippen LogP contribution in [-0.4, -0.2) is 84.8 Å². The second kappa shape index (κ2) is 10.4. The first-order chi connectivity index (χ1) is 20.3. The van der Waals surface area contributed by atoms with E-state index in [1.54, 1.807) is 6.07 Å². The second-order valence-corrected chi connectivity index (χ2v) is 12.7. The van der Waals surface area contributed by atoms with Crippen LogP contribution in [0.5, 0.6) is 0 Å². The summed E-state index contributed by atoms with van der Waals surface area (Å²) in [5.41, 5.74) is 9.92. The Morgan fingerprint density at radius 1 is 0.738 bits per heavy atom. The molecule has 7 rings (SSSR count). The summed E-state index contributed by atoms with van der Waals surface area (Å²) in [5.74, 6) is -1.86. The second-order valence-electron chi connectivity index (χ2n) is 12.7. The third-order valence-corrected chi connectivity index (χ3v) is 10.4. The largest absolute Gasteiger partial charge is 0.399 e. The number of hydrogen-bond acceptors (Lipinski definition) is 8. The number of carbonyl (C=O) groups is 4. The van der Waals surface area contributed by atoms with Crippen LogP contribution >= 0.6 is 0 Å². The fourth-order valence-electron chi connectivity index (χ4n) is 7.87. The molecule has 10 heteroatoms. The van der Waals surface area contributed by atoms with Crippen molar-refractivity contribution in [2.45, 2.75) is 57.0 Å². The van der Waals surface area contributed by atoms with Gasteiger partial charge in [-0.1, -0.05) is 0 Å². The summed E-state index contributed by atoms with van der Waals surface area (Å²) in [6.45, 7) is 6.12. The number of rotatable bonds is 4. The lowest BCUT2D eigenvalue weighted by Crippen LogP contribution is -2.54. The first-order valence-corrected chi connectivity index (χ1v) is 15.3. The van der Waals surface area contributed by atoms with Crippen molar-refractivity contribution in [3.8, 4) is 0 Å². The van der Waals surface area contributed by atoms with E-state index in [2.05, 4.69) is 32.1 Å². The molecule has 4 aliphatic heterocycles. The number of amides is 4. The zero-order chi connectivity index (χ0) is 29.0. The van der Waals surface area contributed by atoms with Gasteiger partial charge in [-0.25, -0.2) is 0 Å². The summed E-state index contributed by atoms with van der Waals surface area (Å²) in [6.07, 6.45) is 6.31. The lowest BCUT2D eigenvalue weighted by Gasteiger charge is -2.42. The van der Waals surface area contributed by atoms with Crippen LogP contribution < -0.4 is 20.9 Å². The van der Waals surface area contributed by atoms with Gasteiger partial charge >= 0.3 is 0 Å². The predicted octanol–water partition coefficient (Wildman–Crippen LogP) is 2.63. The van der Waals surface area contributed by atoms with Crippen LogP contribution in [0, 0.1) is 5.41 Å². The number of benzene rings is 2. The highest BCUT2D eigenvalue weighted by molar-refractivity contribution is 6.23. The van der Waals surface area contributed by atoms with Gasteiger partial charge in [0.25, 0.3) is 11.8 Å². The molecule has 3 saturated heterocycles. The summed E-state index contributed by atoms with van der Waals surface area (Å²) in [7, 11) is 0. The summed E-state index contributed by atoms with van der Waals surface area (Å²) in [5, 5.41) is 2.25. The molecule has 1 aliphatic carbocycles. The summed E-state index contributed by atoms with van der Waals surface area (Å²) < 4.78 is 0. The number of anilines is 3. The number of hydrogen-bond donors (Lipinski definition) is 2. The number of nitrogens with one attached hydrogen (secondary N) is 1. The molecule has 4 heterocycles. The van der Waals surface area contributed by atoms with E-state index in [-0.39, 0.29) is 18.7 Å². The fourth-order valence-corrected chi connectivity index (χ4v) is 7.87. The highest BCUT2D eigenvalue weighted by Crippen LogP contribution is 2.48. The van der Waals surface area contributed by atoms with Crippen LogP contribution in [0.2, 0.25) is 0 Å². The Morgan fingerprint density at radius 3 is 2.12 bits per heavy atom. The summed E-state index contributed by atoms with van der Waals surface area (Å²) in [6, 6.07) is 13.4. The Hall–Kier alpha value is -3.92. The SMILES string of the molecule is Nc1ccc(N2CCN(C3CCC4(CCN(c5ccc6c(c5)C(=O)N(C5CCC(=O)NC5=O)C6=O)CC4)C3)CC2)cc1. The van der Waals surface area contributed by atoms with Crippen LogP contribution in [0.3, 0.4) is 0 Å². The number of fused-ring (bicyclic) bond motifs is 1. The highest BCUT2D eigenvalue weighted by atomic mass is 16.2. The van der Waals surface area contributed by atoms with Gasteiger partial charge in [0, 0.05) is 68.8 Å². The Labute approximate surface area is 245 Å². The third-order valence-electron chi connectivity index (χ3n) is 10.4. The van der Waals surface area contributed by atoms with Gasteiger partial charge in [0.05, 0.1) is 11.1 Å². The van der Waals surface area contributed by atoms with E-state index in [1.807, 2.05) is 24.3 Å². The van der Waals surface area contributed by atoms with Crippen molar-refractivity contribution in [3.05, 3.63) is 53.6 Å². The number of imide groups is 2. The van der Waals surface area contributed by atoms with Crippen LogP contribution in [0.15, 0.2) is 42.5 Å². The van der Waals surface area contributed by atoms with E-state index in [0.29, 0.717) is 22.6 Å². The van der Waals surface area contributed by atoms with Crippen LogP contribution in [0.4, 0.5) is 17.1 Å². The smallest absolute Gasteiger partial charge is 0.262 e. The van der Waals surface area contributed by atoms with Crippen molar-refractivity contribution >= 4 is 40.7 Å². The van der Waals surface area contributed by atoms with Gasteiger partial charge < -0.3 is 15.5 Å². The van der Waals surface area contributed by atoms with Crippen molar-refractivity contribution in [2.24, 2.45) is 5.41 Å². The molecule has 3 N–H and O–H groups in total. The molecule has 5 aliphatic rings. The van der Waals surface area contributed by atoms with Crippen molar-refractivity contribution < 1.29 is 19.2 Å². The molecule has 2 aromatic carbocycles. The molecule has 0 radical (unpaired) electrons. The number of nitrogens with two attached hydrogens (primary N) is 1. The zero-order valence-electron chi connectivity index (χ0n) is 23.9. The summed E-state index contributed by atoms with van der Waals surface area (Å²) >= 11 is 0. The highest BCUT2D eigenvalue weighted by Gasteiger charge is 2.46. The maximum absolute atomic E-state index is 13.3. The molecule has 0 aromatic heterocycles. The lowest BCUT2D eigenvalue weighted by atomic mass is 9.76. The number of piperazine rings is 1. The van der Waals surface area contributed by atoms with Gasteiger partial charge in [-0.3, -0.25) is 34.3 Å². The molecular weight excluding hydrogens is 532 g/mol. The molecule has 2 aromatic rings. The molecule has 2 atom stereocenters. The minimum atomic E-state index is -0.940. The lowest BCUT2D eigenvalue weighted by molar-refractivity contribution is -0.136. The monoisotopic (exact) mass is 570 g/mol. The molecule has 10 nitrogen and oxygen atoms in total. The molecular formula is C32H38N6O4. The first-order valence-electron chi connectivity index (χ1n) is 15.3. The topological polar surface area (TPSA) is 119 Å². The number of nitrogens with zero attached hydrogens (tertiary/aromatic N) is 4. The Kier molecular flexibility index (Phi) is 6.68. The molecule has 2 unspecified atom stereocenters. The van der Waals surface area contributed by atoms with Gasteiger partial charge in [0.15, 0.2) is 0 Å². The minimum absolute atomic E-state index is 0.116. The van der Waals surface area contributed by atoms with E-state index in [0.717, 1.165) is 68.4 Å². The van der Waals surface area contributed by atoms with Crippen molar-refractivity contribution in [1.29, 1.82) is 0 Å². The Morgan fingerprint density at radius 2 is 1.40 bits per heavy atom. The molecule has 4 amide bonds. The van der Waals surface area contributed by atoms with Crippen LogP contribution in [-0.2, 0) is 9.59 Å². The van der Waals surface area contributed by atoms with Crippen molar-refractivity contribution in [3.63, 3.8) is 0 Å². The first kappa shape index (κ1) is 26.9. The van der Waals surface area contributed by atoms with E-state index in [4.69, 9.17) is 5.73 Å². The average Bonchev–Trinajstić information content (AvgIpc) is 3.52. The average molecular weight is 571 g/mol. The third kappa shape index (κ3) is 4.71. The van der Waals surface area contributed by atoms with Crippen LogP contribution in [0.25, 0.3) is 0 Å². The van der Waals surface area contributed by atoms with E-state index < -0.39 is 23.8 Å². The maximum atomic E-state index is 13.3. The Balaban J connectivity index is 0.954. The van der Waals surface area contributed by atoms with Crippen LogP contribution in [0.1, 0.15) is 65.7 Å². The normalized spacial score (nSPS) is 26.2. The molecule has 1 saturated carbocycles. The van der Waals surface area contributed by atoms with Gasteiger partial charge in [-0.15, -0.1) is 0 Å². The summed E-state index contributed by atoms with van der Waals surface area (Å²) in [4.78, 5) is 58.8. The zero-order valence-corrected chi connectivity index (χ0v) is 23.9. The van der Waals surface area contributed by atoms with Gasteiger partial charge in [0.2, 0.25) is 11.8 Å². The standard InChI is InChI=1S/C32H38N6O4/c33-21-1-3-22(4-2-21)36-15-17-37(18-16-36)24-9-10-32(20-24)11-13-35(14-12-32)23-5-6-25-26(19-23)31(42)38(30(25)41)27-7-8-28(39)34-29(27)40/h1-6,19,24,27H,7-18,20,33H2,(H,34,39,40). The number of nitrogen functional groups attached to an aromatic ring is 1. The molecule has 0 bridgehead atoms. The number of carbonyl (C=O) groups excluding carboxylic acids is 4. The van der Waals surface area contributed by atoms with Crippen molar-refractivity contribution in [1.82, 2.24) is 15.1 Å². The molecule has 4 fully saturated rings. The Bertz CT molecular complexity index is 1420. The molecule has 1 spiro atoms. The quantitative estimate of drug-likeness (QED) is 0.426. The predicted molar refractivity (Wildman–Crippen MR) is 159 cm³/mol. The fraction of sp³-hybridized carbons (Fsp3) is 0.500. The van der Waals surface area contributed by atoms with E-state index >= 15 is 0 Å². The van der Waals surface area contributed by atoms with E-state index in [1.165, 1.54) is 24.9 Å². The maximum Gasteiger partial charge on any atom is 0.262 e.